The van der Waals surface area contributed by atoms with Gasteiger partial charge in [-0.15, -0.1) is 0 Å². The van der Waals surface area contributed by atoms with Crippen LogP contribution in [0.3, 0.4) is 0 Å². The monoisotopic (exact) mass is 202 g/mol. The third-order valence-electron chi connectivity index (χ3n) is 2.60. The molecule has 0 aromatic rings. The van der Waals surface area contributed by atoms with E-state index in [2.05, 4.69) is 31.0 Å². The molecule has 3 heteroatoms. The Balaban J connectivity index is 2.56. The van der Waals surface area contributed by atoms with Gasteiger partial charge in [0.25, 0.3) is 0 Å². The standard InChI is InChI=1S/C10H19ClN2/c1-9(6-11)7-13-5-4-12-8-10(13,2)3/h6,12H,4-5,7-8H2,1-3H3/b9-6+. The molecule has 0 atom stereocenters. The number of piperazine rings is 1. The Morgan fingerprint density at radius 1 is 1.62 bits per heavy atom. The number of halogens is 1. The van der Waals surface area contributed by atoms with E-state index in [4.69, 9.17) is 11.6 Å². The van der Waals surface area contributed by atoms with E-state index in [-0.39, 0.29) is 5.54 Å². The highest BCUT2D eigenvalue weighted by Crippen LogP contribution is 2.17. The average Bonchev–Trinajstić information content (AvgIpc) is 2.08. The zero-order chi connectivity index (χ0) is 9.90. The fourth-order valence-corrected chi connectivity index (χ4v) is 1.72. The summed E-state index contributed by atoms with van der Waals surface area (Å²) in [6.45, 7) is 10.8. The molecule has 0 amide bonds. The zero-order valence-electron chi connectivity index (χ0n) is 8.73. The summed E-state index contributed by atoms with van der Waals surface area (Å²) in [4.78, 5) is 2.47. The Morgan fingerprint density at radius 2 is 2.31 bits per heavy atom. The van der Waals surface area contributed by atoms with Gasteiger partial charge in [0.2, 0.25) is 0 Å². The minimum absolute atomic E-state index is 0.249. The van der Waals surface area contributed by atoms with Crippen LogP contribution in [-0.4, -0.2) is 36.6 Å². The van der Waals surface area contributed by atoms with Crippen LogP contribution >= 0.6 is 11.6 Å². The Labute approximate surface area is 85.9 Å². The molecule has 0 aromatic carbocycles. The summed E-state index contributed by atoms with van der Waals surface area (Å²) in [5.74, 6) is 0. The van der Waals surface area contributed by atoms with Crippen LogP contribution in [0, 0.1) is 0 Å². The van der Waals surface area contributed by atoms with E-state index < -0.39 is 0 Å². The first-order valence-corrected chi connectivity index (χ1v) is 5.21. The highest BCUT2D eigenvalue weighted by atomic mass is 35.5. The zero-order valence-corrected chi connectivity index (χ0v) is 9.49. The van der Waals surface area contributed by atoms with Crippen LogP contribution in [-0.2, 0) is 0 Å². The predicted octanol–water partition coefficient (Wildman–Crippen LogP) is 1.81. The van der Waals surface area contributed by atoms with Crippen LogP contribution in [0.5, 0.6) is 0 Å². The third kappa shape index (κ3) is 2.97. The second-order valence-corrected chi connectivity index (χ2v) is 4.58. The van der Waals surface area contributed by atoms with Crippen molar-refractivity contribution in [3.63, 3.8) is 0 Å². The lowest BCUT2D eigenvalue weighted by molar-refractivity contribution is 0.102. The van der Waals surface area contributed by atoms with Gasteiger partial charge in [-0.1, -0.05) is 11.6 Å². The summed E-state index contributed by atoms with van der Waals surface area (Å²) in [5.41, 5.74) is 3.16. The van der Waals surface area contributed by atoms with E-state index >= 15 is 0 Å². The van der Waals surface area contributed by atoms with Gasteiger partial charge in [0.1, 0.15) is 0 Å². The number of rotatable bonds is 2. The molecule has 1 fully saturated rings. The van der Waals surface area contributed by atoms with Crippen LogP contribution in [0.15, 0.2) is 11.1 Å². The van der Waals surface area contributed by atoms with Crippen molar-refractivity contribution in [1.82, 2.24) is 10.2 Å². The molecule has 13 heavy (non-hydrogen) atoms. The molecule has 1 aliphatic rings. The van der Waals surface area contributed by atoms with Crippen molar-refractivity contribution in [3.8, 4) is 0 Å². The molecule has 1 saturated heterocycles. The van der Waals surface area contributed by atoms with Crippen molar-refractivity contribution in [1.29, 1.82) is 0 Å². The molecular weight excluding hydrogens is 184 g/mol. The molecule has 1 aliphatic heterocycles. The fraction of sp³-hybridized carbons (Fsp3) is 0.800. The topological polar surface area (TPSA) is 15.3 Å². The highest BCUT2D eigenvalue weighted by Gasteiger charge is 2.28. The Morgan fingerprint density at radius 3 is 2.85 bits per heavy atom. The molecule has 0 unspecified atom stereocenters. The van der Waals surface area contributed by atoms with Crippen molar-refractivity contribution >= 4 is 11.6 Å². The van der Waals surface area contributed by atoms with Crippen LogP contribution in [0.2, 0.25) is 0 Å². The minimum Gasteiger partial charge on any atom is -0.314 e. The van der Waals surface area contributed by atoms with E-state index in [0.29, 0.717) is 0 Å². The van der Waals surface area contributed by atoms with Gasteiger partial charge in [0, 0.05) is 37.3 Å². The molecule has 76 valence electrons. The summed E-state index contributed by atoms with van der Waals surface area (Å²) in [7, 11) is 0. The number of nitrogens with zero attached hydrogens (tertiary/aromatic N) is 1. The van der Waals surface area contributed by atoms with Crippen molar-refractivity contribution < 1.29 is 0 Å². The van der Waals surface area contributed by atoms with Gasteiger partial charge in [-0.05, 0) is 26.3 Å². The first-order chi connectivity index (χ1) is 6.06. The maximum Gasteiger partial charge on any atom is 0.0281 e. The average molecular weight is 203 g/mol. The molecule has 1 N–H and O–H groups in total. The maximum atomic E-state index is 5.66. The number of hydrogen-bond acceptors (Lipinski definition) is 2. The molecule has 0 saturated carbocycles. The Bertz CT molecular complexity index is 199. The van der Waals surface area contributed by atoms with E-state index in [1.165, 1.54) is 5.57 Å². The Kier molecular flexibility index (Phi) is 3.77. The summed E-state index contributed by atoms with van der Waals surface area (Å²) >= 11 is 5.66. The van der Waals surface area contributed by atoms with Crippen molar-refractivity contribution in [2.45, 2.75) is 26.3 Å². The van der Waals surface area contributed by atoms with Crippen LogP contribution in [0.25, 0.3) is 0 Å². The van der Waals surface area contributed by atoms with E-state index in [9.17, 15) is 0 Å². The largest absolute Gasteiger partial charge is 0.314 e. The smallest absolute Gasteiger partial charge is 0.0281 e. The molecular formula is C10H19ClN2. The first-order valence-electron chi connectivity index (χ1n) is 4.78. The van der Waals surface area contributed by atoms with Crippen molar-refractivity contribution in [2.75, 3.05) is 26.2 Å². The van der Waals surface area contributed by atoms with Gasteiger partial charge in [-0.3, -0.25) is 4.90 Å². The lowest BCUT2D eigenvalue weighted by atomic mass is 9.99. The van der Waals surface area contributed by atoms with Crippen LogP contribution in [0.4, 0.5) is 0 Å². The number of nitrogens with one attached hydrogen (secondary N) is 1. The van der Waals surface area contributed by atoms with Gasteiger partial charge in [-0.2, -0.15) is 0 Å². The normalized spacial score (nSPS) is 24.8. The molecule has 1 rings (SSSR count). The van der Waals surface area contributed by atoms with E-state index in [1.807, 2.05) is 0 Å². The Hall–Kier alpha value is -0.0500. The molecule has 0 aliphatic carbocycles. The van der Waals surface area contributed by atoms with Crippen molar-refractivity contribution in [2.24, 2.45) is 0 Å². The second-order valence-electron chi connectivity index (χ2n) is 4.37. The highest BCUT2D eigenvalue weighted by molar-refractivity contribution is 6.25. The molecule has 0 aromatic heterocycles. The fourth-order valence-electron chi connectivity index (χ4n) is 1.65. The van der Waals surface area contributed by atoms with E-state index in [1.54, 1.807) is 5.54 Å². The minimum atomic E-state index is 0.249. The molecule has 1 heterocycles. The molecule has 0 spiro atoms. The van der Waals surface area contributed by atoms with Crippen LogP contribution in [0.1, 0.15) is 20.8 Å². The van der Waals surface area contributed by atoms with Gasteiger partial charge in [0.05, 0.1) is 0 Å². The summed E-state index contributed by atoms with van der Waals surface area (Å²) in [6.07, 6.45) is 0. The molecule has 0 bridgehead atoms. The lowest BCUT2D eigenvalue weighted by Gasteiger charge is -2.43. The quantitative estimate of drug-likeness (QED) is 0.735. The van der Waals surface area contributed by atoms with Gasteiger partial charge in [-0.25, -0.2) is 0 Å². The molecule has 0 radical (unpaired) electrons. The second kappa shape index (κ2) is 4.45. The van der Waals surface area contributed by atoms with Gasteiger partial charge >= 0.3 is 0 Å². The third-order valence-corrected chi connectivity index (χ3v) is 2.97. The SMILES string of the molecule is C/C(=C\Cl)CN1CCNCC1(C)C. The first kappa shape index (κ1) is 11.0. The summed E-state index contributed by atoms with van der Waals surface area (Å²) in [6, 6.07) is 0. The lowest BCUT2D eigenvalue weighted by Crippen LogP contribution is -2.58. The van der Waals surface area contributed by atoms with Gasteiger partial charge in [0.15, 0.2) is 0 Å². The van der Waals surface area contributed by atoms with Crippen molar-refractivity contribution in [3.05, 3.63) is 11.1 Å². The maximum absolute atomic E-state index is 5.66. The summed E-state index contributed by atoms with van der Waals surface area (Å²) < 4.78 is 0. The molecule has 2 nitrogen and oxygen atoms in total. The van der Waals surface area contributed by atoms with Crippen LogP contribution < -0.4 is 5.32 Å². The van der Waals surface area contributed by atoms with Gasteiger partial charge < -0.3 is 5.32 Å². The summed E-state index contributed by atoms with van der Waals surface area (Å²) in [5, 5.41) is 3.40. The van der Waals surface area contributed by atoms with E-state index in [0.717, 1.165) is 26.2 Å². The number of hydrogen-bond donors (Lipinski definition) is 1. The predicted molar refractivity (Wildman–Crippen MR) is 58.1 cm³/mol.